The average molecular weight is 161 g/mol. The average Bonchev–Trinajstić information content (AvgIpc) is 1.69. The fourth-order valence-electron chi connectivity index (χ4n) is 0.360. The Balaban J connectivity index is 2.57. The monoisotopic (exact) mass is 160 g/mol. The van der Waals surface area contributed by atoms with Crippen LogP contribution in [0.3, 0.4) is 0 Å². The van der Waals surface area contributed by atoms with Gasteiger partial charge in [0.25, 0.3) is 0 Å². The van der Waals surface area contributed by atoms with E-state index in [0.29, 0.717) is 0 Å². The Kier molecular flexibility index (Phi) is 1.46. The maximum Gasteiger partial charge on any atom is 0.0968 e. The SMILES string of the molecule is BrC1=CN=CCN1. The molecule has 1 heterocycles. The molecule has 0 aromatic carbocycles. The first-order chi connectivity index (χ1) is 3.39. The maximum atomic E-state index is 3.86. The molecule has 0 unspecified atom stereocenters. The first-order valence-corrected chi connectivity index (χ1v) is 2.80. The van der Waals surface area contributed by atoms with Crippen molar-refractivity contribution in [2.24, 2.45) is 4.99 Å². The minimum atomic E-state index is 0.830. The zero-order valence-corrected chi connectivity index (χ0v) is 5.27. The second kappa shape index (κ2) is 2.12. The van der Waals surface area contributed by atoms with Gasteiger partial charge in [-0.25, -0.2) is 0 Å². The number of rotatable bonds is 0. The third kappa shape index (κ3) is 1.31. The van der Waals surface area contributed by atoms with Crippen LogP contribution in [-0.2, 0) is 0 Å². The van der Waals surface area contributed by atoms with Crippen molar-refractivity contribution in [3.63, 3.8) is 0 Å². The van der Waals surface area contributed by atoms with E-state index >= 15 is 0 Å². The Morgan fingerprint density at radius 1 is 1.86 bits per heavy atom. The van der Waals surface area contributed by atoms with Crippen LogP contribution in [0, 0.1) is 0 Å². The van der Waals surface area contributed by atoms with Crippen LogP contribution in [0.2, 0.25) is 0 Å². The van der Waals surface area contributed by atoms with Crippen molar-refractivity contribution in [2.45, 2.75) is 0 Å². The number of aliphatic imine (C=N–C) groups is 1. The zero-order valence-electron chi connectivity index (χ0n) is 3.69. The summed E-state index contributed by atoms with van der Waals surface area (Å²) in [6, 6.07) is 0. The van der Waals surface area contributed by atoms with Crippen LogP contribution in [0.4, 0.5) is 0 Å². The number of hydrogen-bond donors (Lipinski definition) is 1. The second-order valence-electron chi connectivity index (χ2n) is 1.19. The smallest absolute Gasteiger partial charge is 0.0968 e. The predicted octanol–water partition coefficient (Wildman–Crippen LogP) is 0.854. The first-order valence-electron chi connectivity index (χ1n) is 2.01. The summed E-state index contributed by atoms with van der Waals surface area (Å²) in [4.78, 5) is 3.86. The molecular formula is C4H5BrN2. The van der Waals surface area contributed by atoms with Gasteiger partial charge in [0, 0.05) is 6.21 Å². The summed E-state index contributed by atoms with van der Waals surface area (Å²) in [6.45, 7) is 0.830. The molecule has 1 rings (SSSR count). The quantitative estimate of drug-likeness (QED) is 0.523. The highest BCUT2D eigenvalue weighted by Crippen LogP contribution is 2.00. The molecule has 1 N–H and O–H groups in total. The highest BCUT2D eigenvalue weighted by atomic mass is 79.9. The predicted molar refractivity (Wildman–Crippen MR) is 33.5 cm³/mol. The fourth-order valence-corrected chi connectivity index (χ4v) is 0.640. The minimum absolute atomic E-state index is 0.830. The topological polar surface area (TPSA) is 24.4 Å². The Bertz CT molecular complexity index is 117. The van der Waals surface area contributed by atoms with Crippen LogP contribution in [0.25, 0.3) is 0 Å². The third-order valence-electron chi connectivity index (χ3n) is 0.656. The van der Waals surface area contributed by atoms with Crippen molar-refractivity contribution in [1.29, 1.82) is 0 Å². The van der Waals surface area contributed by atoms with E-state index in [4.69, 9.17) is 0 Å². The number of hydrogen-bond acceptors (Lipinski definition) is 2. The first kappa shape index (κ1) is 4.84. The molecule has 0 spiro atoms. The van der Waals surface area contributed by atoms with E-state index in [0.717, 1.165) is 11.2 Å². The normalized spacial score (nSPS) is 18.1. The molecule has 1 aliphatic heterocycles. The van der Waals surface area contributed by atoms with Crippen LogP contribution in [-0.4, -0.2) is 12.8 Å². The molecule has 0 bridgehead atoms. The summed E-state index contributed by atoms with van der Waals surface area (Å²) in [5, 5.41) is 3.01. The number of nitrogens with zero attached hydrogens (tertiary/aromatic N) is 1. The molecule has 7 heavy (non-hydrogen) atoms. The second-order valence-corrected chi connectivity index (χ2v) is 2.04. The van der Waals surface area contributed by atoms with E-state index in [-0.39, 0.29) is 0 Å². The van der Waals surface area contributed by atoms with Crippen molar-refractivity contribution in [3.05, 3.63) is 10.8 Å². The Morgan fingerprint density at radius 3 is 3.00 bits per heavy atom. The fraction of sp³-hybridized carbons (Fsp3) is 0.250. The van der Waals surface area contributed by atoms with Crippen LogP contribution in [0.15, 0.2) is 15.8 Å². The van der Waals surface area contributed by atoms with Gasteiger partial charge in [-0.3, -0.25) is 4.99 Å². The Morgan fingerprint density at radius 2 is 2.71 bits per heavy atom. The molecule has 2 nitrogen and oxygen atoms in total. The van der Waals surface area contributed by atoms with Crippen molar-refractivity contribution < 1.29 is 0 Å². The van der Waals surface area contributed by atoms with E-state index in [2.05, 4.69) is 26.2 Å². The number of nitrogens with one attached hydrogen (secondary N) is 1. The molecule has 0 radical (unpaired) electrons. The van der Waals surface area contributed by atoms with E-state index in [1.54, 1.807) is 6.20 Å². The summed E-state index contributed by atoms with van der Waals surface area (Å²) < 4.78 is 0.954. The molecule has 0 amide bonds. The standard InChI is InChI=1S/C4H5BrN2/c5-4-3-6-1-2-7-4/h1,3,7H,2H2. The summed E-state index contributed by atoms with van der Waals surface area (Å²) >= 11 is 3.22. The van der Waals surface area contributed by atoms with Crippen LogP contribution in [0.1, 0.15) is 0 Å². The lowest BCUT2D eigenvalue weighted by Gasteiger charge is -2.01. The molecule has 0 fully saturated rings. The highest BCUT2D eigenvalue weighted by Gasteiger charge is 1.88. The highest BCUT2D eigenvalue weighted by molar-refractivity contribution is 9.11. The van der Waals surface area contributed by atoms with Gasteiger partial charge in [0.15, 0.2) is 0 Å². The van der Waals surface area contributed by atoms with E-state index in [1.165, 1.54) is 0 Å². The largest absolute Gasteiger partial charge is 0.373 e. The summed E-state index contributed by atoms with van der Waals surface area (Å²) in [7, 11) is 0. The van der Waals surface area contributed by atoms with Crippen molar-refractivity contribution >= 4 is 22.1 Å². The lowest BCUT2D eigenvalue weighted by atomic mass is 10.6. The Labute approximate surface area is 50.5 Å². The summed E-state index contributed by atoms with van der Waals surface area (Å²) in [6.07, 6.45) is 3.54. The van der Waals surface area contributed by atoms with E-state index < -0.39 is 0 Å². The molecule has 0 saturated carbocycles. The molecule has 0 saturated heterocycles. The van der Waals surface area contributed by atoms with Crippen LogP contribution < -0.4 is 5.32 Å². The summed E-state index contributed by atoms with van der Waals surface area (Å²) in [5.74, 6) is 0. The van der Waals surface area contributed by atoms with E-state index in [9.17, 15) is 0 Å². The number of halogens is 1. The molecular weight excluding hydrogens is 156 g/mol. The molecule has 1 aliphatic rings. The molecule has 3 heteroatoms. The molecule has 0 aliphatic carbocycles. The lowest BCUT2D eigenvalue weighted by Crippen LogP contribution is -2.14. The summed E-state index contributed by atoms with van der Waals surface area (Å²) in [5.41, 5.74) is 0. The van der Waals surface area contributed by atoms with Crippen LogP contribution >= 0.6 is 15.9 Å². The van der Waals surface area contributed by atoms with Crippen molar-refractivity contribution in [1.82, 2.24) is 5.32 Å². The van der Waals surface area contributed by atoms with Gasteiger partial charge in [-0.05, 0) is 15.9 Å². The third-order valence-corrected chi connectivity index (χ3v) is 1.14. The van der Waals surface area contributed by atoms with Gasteiger partial charge >= 0.3 is 0 Å². The zero-order chi connectivity index (χ0) is 5.11. The minimum Gasteiger partial charge on any atom is -0.373 e. The van der Waals surface area contributed by atoms with Crippen LogP contribution in [0.5, 0.6) is 0 Å². The lowest BCUT2D eigenvalue weighted by molar-refractivity contribution is 0.990. The molecule has 0 atom stereocenters. The van der Waals surface area contributed by atoms with Gasteiger partial charge in [0.05, 0.1) is 17.4 Å². The van der Waals surface area contributed by atoms with Gasteiger partial charge in [0.2, 0.25) is 0 Å². The van der Waals surface area contributed by atoms with Gasteiger partial charge in [-0.2, -0.15) is 0 Å². The van der Waals surface area contributed by atoms with E-state index in [1.807, 2.05) is 6.21 Å². The molecule has 38 valence electrons. The van der Waals surface area contributed by atoms with Gasteiger partial charge < -0.3 is 5.32 Å². The molecule has 0 aromatic heterocycles. The van der Waals surface area contributed by atoms with Gasteiger partial charge in [-0.15, -0.1) is 0 Å². The van der Waals surface area contributed by atoms with Gasteiger partial charge in [0.1, 0.15) is 0 Å². The van der Waals surface area contributed by atoms with Gasteiger partial charge in [-0.1, -0.05) is 0 Å². The maximum absolute atomic E-state index is 3.86. The van der Waals surface area contributed by atoms with Crippen molar-refractivity contribution in [2.75, 3.05) is 6.54 Å². The Hall–Kier alpha value is -0.310. The van der Waals surface area contributed by atoms with Crippen molar-refractivity contribution in [3.8, 4) is 0 Å². The molecule has 0 aromatic rings.